The van der Waals surface area contributed by atoms with Crippen molar-refractivity contribution in [2.75, 3.05) is 42.3 Å². The van der Waals surface area contributed by atoms with Crippen LogP contribution in [-0.4, -0.2) is 57.1 Å². The summed E-state index contributed by atoms with van der Waals surface area (Å²) in [7, 11) is -3.90. The molecule has 1 aliphatic rings. The van der Waals surface area contributed by atoms with E-state index in [9.17, 15) is 18.3 Å². The fraction of sp³-hybridized carbons (Fsp3) is 0.364. The molecule has 164 valence electrons. The quantitative estimate of drug-likeness (QED) is 0.678. The maximum absolute atomic E-state index is 13.0. The van der Waals surface area contributed by atoms with Crippen LogP contribution in [-0.2, 0) is 10.0 Å². The van der Waals surface area contributed by atoms with Crippen molar-refractivity contribution in [3.8, 4) is 6.07 Å². The van der Waals surface area contributed by atoms with Crippen molar-refractivity contribution in [1.29, 1.82) is 5.26 Å². The van der Waals surface area contributed by atoms with Gasteiger partial charge >= 0.3 is 5.97 Å². The Labute approximate surface area is 182 Å². The number of carboxylic acid groups (broad SMARTS) is 1. The van der Waals surface area contributed by atoms with Gasteiger partial charge in [0.15, 0.2) is 0 Å². The molecule has 1 heterocycles. The third-order valence-electron chi connectivity index (χ3n) is 5.53. The van der Waals surface area contributed by atoms with E-state index in [0.29, 0.717) is 31.7 Å². The van der Waals surface area contributed by atoms with Crippen LogP contribution in [0.25, 0.3) is 0 Å². The smallest absolute Gasteiger partial charge is 0.335 e. The van der Waals surface area contributed by atoms with Crippen LogP contribution < -0.4 is 9.62 Å². The van der Waals surface area contributed by atoms with E-state index in [1.54, 1.807) is 24.3 Å². The first-order valence-corrected chi connectivity index (χ1v) is 11.5. The van der Waals surface area contributed by atoms with E-state index in [1.165, 1.54) is 12.1 Å². The molecule has 0 amide bonds. The number of aryl methyl sites for hydroxylation is 2. The summed E-state index contributed by atoms with van der Waals surface area (Å²) in [5.41, 5.74) is 2.73. The minimum atomic E-state index is -3.90. The zero-order chi connectivity index (χ0) is 22.6. The number of hydrogen-bond acceptors (Lipinski definition) is 6. The van der Waals surface area contributed by atoms with Gasteiger partial charge in [-0.1, -0.05) is 6.07 Å². The Hall–Kier alpha value is -3.09. The number of nitriles is 1. The number of aromatic carboxylic acids is 1. The van der Waals surface area contributed by atoms with Gasteiger partial charge < -0.3 is 10.0 Å². The highest BCUT2D eigenvalue weighted by molar-refractivity contribution is 7.92. The summed E-state index contributed by atoms with van der Waals surface area (Å²) in [4.78, 5) is 15.8. The van der Waals surface area contributed by atoms with Crippen molar-refractivity contribution in [2.45, 2.75) is 25.2 Å². The van der Waals surface area contributed by atoms with Gasteiger partial charge in [-0.3, -0.25) is 9.62 Å². The molecule has 0 saturated carbocycles. The number of rotatable bonds is 7. The third-order valence-corrected chi connectivity index (χ3v) is 6.89. The van der Waals surface area contributed by atoms with Crippen LogP contribution in [0, 0.1) is 25.2 Å². The maximum Gasteiger partial charge on any atom is 0.335 e. The van der Waals surface area contributed by atoms with E-state index < -0.39 is 16.0 Å². The number of hydrogen-bond donors (Lipinski definition) is 2. The number of nitrogens with zero attached hydrogens (tertiary/aromatic N) is 3. The molecule has 0 radical (unpaired) electrons. The lowest BCUT2D eigenvalue weighted by Crippen LogP contribution is -2.46. The van der Waals surface area contributed by atoms with E-state index in [0.717, 1.165) is 24.2 Å². The summed E-state index contributed by atoms with van der Waals surface area (Å²) in [5.74, 6) is -1.13. The largest absolute Gasteiger partial charge is 0.478 e. The molecule has 8 nitrogen and oxygen atoms in total. The van der Waals surface area contributed by atoms with Crippen LogP contribution in [0.15, 0.2) is 41.3 Å². The topological polar surface area (TPSA) is 114 Å². The number of sulfonamides is 1. The Morgan fingerprint density at radius 2 is 1.81 bits per heavy atom. The van der Waals surface area contributed by atoms with Crippen LogP contribution in [0.5, 0.6) is 0 Å². The zero-order valence-electron chi connectivity index (χ0n) is 17.6. The van der Waals surface area contributed by atoms with Gasteiger partial charge in [-0.25, -0.2) is 13.2 Å². The van der Waals surface area contributed by atoms with E-state index in [4.69, 9.17) is 5.26 Å². The Morgan fingerprint density at radius 1 is 1.10 bits per heavy atom. The molecular weight excluding hydrogens is 416 g/mol. The van der Waals surface area contributed by atoms with Crippen molar-refractivity contribution in [3.63, 3.8) is 0 Å². The zero-order valence-corrected chi connectivity index (χ0v) is 18.4. The molecule has 0 atom stereocenters. The molecule has 1 fully saturated rings. The second kappa shape index (κ2) is 9.37. The molecular formula is C22H26N4O4S. The number of carboxylic acids is 1. The van der Waals surface area contributed by atoms with Gasteiger partial charge in [0.05, 0.1) is 27.9 Å². The first kappa shape index (κ1) is 22.6. The third kappa shape index (κ3) is 5.34. The van der Waals surface area contributed by atoms with Gasteiger partial charge in [0.1, 0.15) is 0 Å². The van der Waals surface area contributed by atoms with Gasteiger partial charge in [-0.2, -0.15) is 5.26 Å². The summed E-state index contributed by atoms with van der Waals surface area (Å²) in [6.45, 7) is 7.24. The number of carbonyl (C=O) groups is 1. The molecule has 1 aliphatic heterocycles. The summed E-state index contributed by atoms with van der Waals surface area (Å²) in [6.07, 6.45) is 0.467. The fourth-order valence-electron chi connectivity index (χ4n) is 3.53. The van der Waals surface area contributed by atoms with Gasteiger partial charge in [0.2, 0.25) is 0 Å². The predicted molar refractivity (Wildman–Crippen MR) is 119 cm³/mol. The molecule has 2 aromatic rings. The second-order valence-corrected chi connectivity index (χ2v) is 9.31. The van der Waals surface area contributed by atoms with E-state index in [1.807, 2.05) is 18.7 Å². The Morgan fingerprint density at radius 3 is 2.42 bits per heavy atom. The van der Waals surface area contributed by atoms with E-state index >= 15 is 0 Å². The molecule has 3 rings (SSSR count). The molecule has 31 heavy (non-hydrogen) atoms. The average molecular weight is 443 g/mol. The van der Waals surface area contributed by atoms with Gasteiger partial charge in [0.25, 0.3) is 10.0 Å². The summed E-state index contributed by atoms with van der Waals surface area (Å²) in [5, 5.41) is 18.2. The Balaban J connectivity index is 1.90. The number of benzene rings is 2. The molecule has 2 N–H and O–H groups in total. The molecule has 0 aliphatic carbocycles. The standard InChI is InChI=1S/C22H26N4O4S/c1-16-4-6-19(14-17(16)2)31(29,30)24-20-15-18(22(27)28)5-7-21(20)26-12-10-25(11-13-26)9-3-8-23/h4-7,14-15,24H,3,9-13H2,1-2H3,(H,27,28). The van der Waals surface area contributed by atoms with Crippen LogP contribution >= 0.6 is 0 Å². The van der Waals surface area contributed by atoms with Crippen LogP contribution in [0.4, 0.5) is 11.4 Å². The summed E-state index contributed by atoms with van der Waals surface area (Å²) >= 11 is 0. The van der Waals surface area contributed by atoms with Crippen LogP contribution in [0.2, 0.25) is 0 Å². The SMILES string of the molecule is Cc1ccc(S(=O)(=O)Nc2cc(C(=O)O)ccc2N2CCN(CCC#N)CC2)cc1C. The van der Waals surface area contributed by atoms with Crippen molar-refractivity contribution in [3.05, 3.63) is 53.1 Å². The van der Waals surface area contributed by atoms with Crippen molar-refractivity contribution in [2.24, 2.45) is 0 Å². The fourth-order valence-corrected chi connectivity index (χ4v) is 4.68. The average Bonchev–Trinajstić information content (AvgIpc) is 2.74. The summed E-state index contributed by atoms with van der Waals surface area (Å²) in [6, 6.07) is 11.5. The Kier molecular flexibility index (Phi) is 6.83. The lowest BCUT2D eigenvalue weighted by atomic mass is 10.1. The lowest BCUT2D eigenvalue weighted by molar-refractivity contribution is 0.0697. The van der Waals surface area contributed by atoms with Gasteiger partial charge in [-0.15, -0.1) is 0 Å². The monoisotopic (exact) mass is 442 g/mol. The molecule has 0 aromatic heterocycles. The lowest BCUT2D eigenvalue weighted by Gasteiger charge is -2.36. The van der Waals surface area contributed by atoms with Gasteiger partial charge in [-0.05, 0) is 55.3 Å². The highest BCUT2D eigenvalue weighted by atomic mass is 32.2. The molecule has 2 aromatic carbocycles. The van der Waals surface area contributed by atoms with Crippen LogP contribution in [0.1, 0.15) is 27.9 Å². The first-order chi connectivity index (χ1) is 14.7. The van der Waals surface area contributed by atoms with Crippen LogP contribution in [0.3, 0.4) is 0 Å². The minimum absolute atomic E-state index is 0.00851. The normalized spacial score (nSPS) is 14.8. The highest BCUT2D eigenvalue weighted by Gasteiger charge is 2.23. The van der Waals surface area contributed by atoms with Gasteiger partial charge in [0, 0.05) is 39.1 Å². The van der Waals surface area contributed by atoms with Crippen molar-refractivity contribution >= 4 is 27.4 Å². The molecule has 9 heteroatoms. The number of piperazine rings is 1. The first-order valence-electron chi connectivity index (χ1n) is 10.0. The molecule has 0 unspecified atom stereocenters. The molecule has 0 bridgehead atoms. The van der Waals surface area contributed by atoms with Crippen molar-refractivity contribution in [1.82, 2.24) is 4.90 Å². The highest BCUT2D eigenvalue weighted by Crippen LogP contribution is 2.31. The summed E-state index contributed by atoms with van der Waals surface area (Å²) < 4.78 is 28.7. The maximum atomic E-state index is 13.0. The predicted octanol–water partition coefficient (Wildman–Crippen LogP) is 2.84. The van der Waals surface area contributed by atoms with E-state index in [2.05, 4.69) is 15.7 Å². The number of nitrogens with one attached hydrogen (secondary N) is 1. The van der Waals surface area contributed by atoms with E-state index in [-0.39, 0.29) is 16.1 Å². The molecule has 1 saturated heterocycles. The van der Waals surface area contributed by atoms with Crippen molar-refractivity contribution < 1.29 is 18.3 Å². The second-order valence-electron chi connectivity index (χ2n) is 7.63. The molecule has 0 spiro atoms. The number of anilines is 2. The minimum Gasteiger partial charge on any atom is -0.478 e. The Bertz CT molecular complexity index is 1120.